The number of nitrogens with two attached hydrogens (primary N) is 1. The summed E-state index contributed by atoms with van der Waals surface area (Å²) >= 11 is 0. The van der Waals surface area contributed by atoms with Crippen LogP contribution < -0.4 is 11.1 Å². The monoisotopic (exact) mass is 226 g/mol. The van der Waals surface area contributed by atoms with Gasteiger partial charge < -0.3 is 11.1 Å². The molecular formula is C14H30N2. The van der Waals surface area contributed by atoms with E-state index in [2.05, 4.69) is 26.1 Å². The van der Waals surface area contributed by atoms with Gasteiger partial charge in [0.2, 0.25) is 0 Å². The highest BCUT2D eigenvalue weighted by atomic mass is 15.0. The van der Waals surface area contributed by atoms with Crippen LogP contribution in [0, 0.1) is 0 Å². The molecule has 2 heteroatoms. The van der Waals surface area contributed by atoms with Crippen molar-refractivity contribution >= 4 is 0 Å². The molecule has 0 aromatic carbocycles. The van der Waals surface area contributed by atoms with Gasteiger partial charge in [-0.1, -0.05) is 33.6 Å². The van der Waals surface area contributed by atoms with E-state index < -0.39 is 0 Å². The first-order valence-electron chi connectivity index (χ1n) is 7.13. The Hall–Kier alpha value is -0.0800. The smallest absolute Gasteiger partial charge is 0.0173 e. The van der Waals surface area contributed by atoms with Crippen molar-refractivity contribution in [1.82, 2.24) is 5.32 Å². The molecule has 1 saturated carbocycles. The van der Waals surface area contributed by atoms with Gasteiger partial charge >= 0.3 is 0 Å². The lowest BCUT2D eigenvalue weighted by molar-refractivity contribution is 0.272. The summed E-state index contributed by atoms with van der Waals surface area (Å²) in [7, 11) is 0. The summed E-state index contributed by atoms with van der Waals surface area (Å²) in [6, 6.07) is 0. The topological polar surface area (TPSA) is 38.0 Å². The molecule has 0 radical (unpaired) electrons. The van der Waals surface area contributed by atoms with Crippen molar-refractivity contribution in [2.75, 3.05) is 6.54 Å². The van der Waals surface area contributed by atoms with E-state index in [1.54, 1.807) is 0 Å². The number of nitrogens with one attached hydrogen (secondary N) is 1. The van der Waals surface area contributed by atoms with Gasteiger partial charge in [-0.15, -0.1) is 0 Å². The zero-order valence-electron chi connectivity index (χ0n) is 11.4. The second-order valence-electron chi connectivity index (χ2n) is 5.59. The van der Waals surface area contributed by atoms with Gasteiger partial charge in [-0.25, -0.2) is 0 Å². The van der Waals surface area contributed by atoms with Crippen LogP contribution in [0.1, 0.15) is 72.1 Å². The molecule has 1 fully saturated rings. The first kappa shape index (κ1) is 14.0. The maximum absolute atomic E-state index is 6.37. The minimum Gasteiger partial charge on any atom is -0.325 e. The van der Waals surface area contributed by atoms with Gasteiger partial charge in [0.05, 0.1) is 0 Å². The molecule has 0 amide bonds. The second kappa shape index (κ2) is 6.02. The molecule has 2 nitrogen and oxygen atoms in total. The van der Waals surface area contributed by atoms with E-state index in [9.17, 15) is 0 Å². The van der Waals surface area contributed by atoms with Crippen LogP contribution in [-0.2, 0) is 0 Å². The fourth-order valence-electron chi connectivity index (χ4n) is 3.03. The average molecular weight is 226 g/mol. The van der Waals surface area contributed by atoms with E-state index in [-0.39, 0.29) is 5.54 Å². The van der Waals surface area contributed by atoms with Crippen LogP contribution in [0.2, 0.25) is 0 Å². The SMILES string of the molecule is CCC(CC)(CC)NCCC1(N)CCCC1. The predicted molar refractivity (Wildman–Crippen MR) is 71.6 cm³/mol. The van der Waals surface area contributed by atoms with Crippen LogP contribution >= 0.6 is 0 Å². The molecule has 0 heterocycles. The zero-order chi connectivity index (χ0) is 12.1. The van der Waals surface area contributed by atoms with Gasteiger partial charge in [0.15, 0.2) is 0 Å². The quantitative estimate of drug-likeness (QED) is 0.699. The lowest BCUT2D eigenvalue weighted by Crippen LogP contribution is -2.47. The molecule has 96 valence electrons. The van der Waals surface area contributed by atoms with E-state index >= 15 is 0 Å². The molecule has 0 saturated heterocycles. The van der Waals surface area contributed by atoms with Crippen molar-refractivity contribution in [2.24, 2.45) is 5.73 Å². The molecule has 0 aromatic rings. The third-order valence-electron chi connectivity index (χ3n) is 4.75. The molecule has 0 unspecified atom stereocenters. The van der Waals surface area contributed by atoms with Crippen molar-refractivity contribution in [3.05, 3.63) is 0 Å². The van der Waals surface area contributed by atoms with Crippen LogP contribution in [0.4, 0.5) is 0 Å². The van der Waals surface area contributed by atoms with Gasteiger partial charge in [0.25, 0.3) is 0 Å². The van der Waals surface area contributed by atoms with E-state index in [0.717, 1.165) is 13.0 Å². The van der Waals surface area contributed by atoms with Gasteiger partial charge in [-0.2, -0.15) is 0 Å². The van der Waals surface area contributed by atoms with Gasteiger partial charge in [-0.05, 0) is 45.1 Å². The maximum atomic E-state index is 6.37. The number of hydrogen-bond donors (Lipinski definition) is 2. The van der Waals surface area contributed by atoms with Crippen molar-refractivity contribution in [2.45, 2.75) is 83.2 Å². The van der Waals surface area contributed by atoms with Crippen LogP contribution in [0.3, 0.4) is 0 Å². The average Bonchev–Trinajstić information content (AvgIpc) is 2.73. The third kappa shape index (κ3) is 3.46. The Morgan fingerprint density at radius 2 is 1.56 bits per heavy atom. The van der Waals surface area contributed by atoms with E-state index in [4.69, 9.17) is 5.73 Å². The summed E-state index contributed by atoms with van der Waals surface area (Å²) in [5, 5.41) is 3.75. The minimum absolute atomic E-state index is 0.147. The third-order valence-corrected chi connectivity index (χ3v) is 4.75. The van der Waals surface area contributed by atoms with Gasteiger partial charge in [0, 0.05) is 11.1 Å². The van der Waals surface area contributed by atoms with Gasteiger partial charge in [0.1, 0.15) is 0 Å². The summed E-state index contributed by atoms with van der Waals surface area (Å²) < 4.78 is 0. The van der Waals surface area contributed by atoms with Crippen LogP contribution in [0.15, 0.2) is 0 Å². The molecule has 0 spiro atoms. The summed E-state index contributed by atoms with van der Waals surface area (Å²) in [5.74, 6) is 0. The Balaban J connectivity index is 2.32. The van der Waals surface area contributed by atoms with Gasteiger partial charge in [-0.3, -0.25) is 0 Å². The first-order valence-corrected chi connectivity index (χ1v) is 7.13. The summed E-state index contributed by atoms with van der Waals surface area (Å²) in [4.78, 5) is 0. The van der Waals surface area contributed by atoms with Crippen molar-refractivity contribution < 1.29 is 0 Å². The molecule has 3 N–H and O–H groups in total. The molecule has 16 heavy (non-hydrogen) atoms. The van der Waals surface area contributed by atoms with E-state index in [1.807, 2.05) is 0 Å². The maximum Gasteiger partial charge on any atom is 0.0173 e. The summed E-state index contributed by atoms with van der Waals surface area (Å²) in [6.45, 7) is 7.95. The lowest BCUT2D eigenvalue weighted by Gasteiger charge is -2.34. The summed E-state index contributed by atoms with van der Waals surface area (Å²) in [6.07, 6.45) is 9.92. The Bertz CT molecular complexity index is 183. The van der Waals surface area contributed by atoms with E-state index in [0.29, 0.717) is 5.54 Å². The van der Waals surface area contributed by atoms with Crippen LogP contribution in [-0.4, -0.2) is 17.6 Å². The molecule has 1 aliphatic rings. The largest absolute Gasteiger partial charge is 0.325 e. The number of hydrogen-bond acceptors (Lipinski definition) is 2. The first-order chi connectivity index (χ1) is 7.60. The zero-order valence-corrected chi connectivity index (χ0v) is 11.4. The highest BCUT2D eigenvalue weighted by Crippen LogP contribution is 2.30. The Labute approximate surface area is 101 Å². The normalized spacial score (nSPS) is 20.2. The Morgan fingerprint density at radius 1 is 1.06 bits per heavy atom. The summed E-state index contributed by atoms with van der Waals surface area (Å²) in [5.41, 5.74) is 6.88. The highest BCUT2D eigenvalue weighted by Gasteiger charge is 2.30. The lowest BCUT2D eigenvalue weighted by atomic mass is 9.88. The Morgan fingerprint density at radius 3 is 2.00 bits per heavy atom. The molecule has 0 atom stereocenters. The standard InChI is InChI=1S/C14H30N2/c1-4-14(5-2,6-3)16-12-11-13(15)9-7-8-10-13/h16H,4-12,15H2,1-3H3. The highest BCUT2D eigenvalue weighted by molar-refractivity contribution is 4.91. The minimum atomic E-state index is 0.147. The Kier molecular flexibility index (Phi) is 5.26. The van der Waals surface area contributed by atoms with Crippen molar-refractivity contribution in [3.63, 3.8) is 0 Å². The molecule has 1 rings (SSSR count). The van der Waals surface area contributed by atoms with Crippen molar-refractivity contribution in [3.8, 4) is 0 Å². The molecular weight excluding hydrogens is 196 g/mol. The van der Waals surface area contributed by atoms with Crippen LogP contribution in [0.25, 0.3) is 0 Å². The predicted octanol–water partition coefficient (Wildman–Crippen LogP) is 3.21. The van der Waals surface area contributed by atoms with Crippen LogP contribution in [0.5, 0.6) is 0 Å². The van der Waals surface area contributed by atoms with E-state index in [1.165, 1.54) is 44.9 Å². The van der Waals surface area contributed by atoms with Crippen molar-refractivity contribution in [1.29, 1.82) is 0 Å². The molecule has 0 aliphatic heterocycles. The number of rotatable bonds is 7. The molecule has 1 aliphatic carbocycles. The second-order valence-corrected chi connectivity index (χ2v) is 5.59. The fraction of sp³-hybridized carbons (Fsp3) is 1.00. The molecule has 0 aromatic heterocycles. The fourth-order valence-corrected chi connectivity index (χ4v) is 3.03. The molecule has 0 bridgehead atoms.